The molecule has 1 aliphatic carbocycles. The number of nitrogens with zero attached hydrogens (tertiary/aromatic N) is 4. The first-order valence-corrected chi connectivity index (χ1v) is 12.0. The number of piperidine rings is 1. The molecule has 1 aromatic carbocycles. The lowest BCUT2D eigenvalue weighted by Crippen LogP contribution is -2.32. The van der Waals surface area contributed by atoms with E-state index in [1.54, 1.807) is 0 Å². The number of amides is 1. The van der Waals surface area contributed by atoms with Crippen molar-refractivity contribution in [2.45, 2.75) is 56.3 Å². The molecule has 1 aromatic heterocycles. The van der Waals surface area contributed by atoms with Crippen molar-refractivity contribution in [3.05, 3.63) is 35.9 Å². The van der Waals surface area contributed by atoms with Crippen LogP contribution in [-0.4, -0.2) is 52.7 Å². The van der Waals surface area contributed by atoms with E-state index in [-0.39, 0.29) is 5.91 Å². The van der Waals surface area contributed by atoms with Gasteiger partial charge in [0.05, 0.1) is 12.4 Å². The standard InChI is InChI=1S/C22H31N5O2S/c28-20(23-12-7-15-29-16-18-8-3-1-4-9-18)17-30-22-25-24-21(27(22)19-10-11-19)26-13-5-2-6-14-26/h1,3-4,8-9,19H,2,5-7,10-17H2,(H,23,28). The van der Waals surface area contributed by atoms with E-state index in [0.717, 1.165) is 30.6 Å². The molecule has 1 saturated heterocycles. The number of aromatic nitrogens is 3. The minimum Gasteiger partial charge on any atom is -0.377 e. The van der Waals surface area contributed by atoms with Crippen LogP contribution in [0.4, 0.5) is 5.95 Å². The Kier molecular flexibility index (Phi) is 7.64. The maximum atomic E-state index is 12.2. The summed E-state index contributed by atoms with van der Waals surface area (Å²) in [6, 6.07) is 10.6. The van der Waals surface area contributed by atoms with Crippen LogP contribution < -0.4 is 10.2 Å². The average molecular weight is 430 g/mol. The van der Waals surface area contributed by atoms with E-state index in [9.17, 15) is 4.79 Å². The van der Waals surface area contributed by atoms with E-state index < -0.39 is 0 Å². The Balaban J connectivity index is 1.16. The van der Waals surface area contributed by atoms with Crippen LogP contribution in [0.15, 0.2) is 35.5 Å². The highest BCUT2D eigenvalue weighted by Crippen LogP contribution is 2.41. The minimum absolute atomic E-state index is 0.0351. The van der Waals surface area contributed by atoms with Crippen LogP contribution in [0, 0.1) is 0 Å². The van der Waals surface area contributed by atoms with Crippen molar-refractivity contribution < 1.29 is 9.53 Å². The van der Waals surface area contributed by atoms with E-state index >= 15 is 0 Å². The van der Waals surface area contributed by atoms with Crippen molar-refractivity contribution in [3.63, 3.8) is 0 Å². The van der Waals surface area contributed by atoms with Crippen LogP contribution in [0.25, 0.3) is 0 Å². The highest BCUT2D eigenvalue weighted by atomic mass is 32.2. The summed E-state index contributed by atoms with van der Waals surface area (Å²) in [7, 11) is 0. The molecule has 1 saturated carbocycles. The Hall–Kier alpha value is -2.06. The SMILES string of the molecule is O=C(CSc1nnc(N2CCCCC2)n1C1CC1)NCCCOCc1ccccc1. The van der Waals surface area contributed by atoms with Gasteiger partial charge in [0.25, 0.3) is 0 Å². The number of hydrogen-bond donors (Lipinski definition) is 1. The lowest BCUT2D eigenvalue weighted by Gasteiger charge is -2.27. The first-order valence-electron chi connectivity index (χ1n) is 11.0. The number of benzene rings is 1. The second-order valence-corrected chi connectivity index (χ2v) is 8.90. The predicted octanol–water partition coefficient (Wildman–Crippen LogP) is 3.42. The molecular formula is C22H31N5O2S. The molecule has 30 heavy (non-hydrogen) atoms. The molecule has 2 aromatic rings. The van der Waals surface area contributed by atoms with Gasteiger partial charge < -0.3 is 15.0 Å². The number of rotatable bonds is 11. The van der Waals surface area contributed by atoms with Gasteiger partial charge in [-0.2, -0.15) is 0 Å². The van der Waals surface area contributed by atoms with Crippen molar-refractivity contribution >= 4 is 23.6 Å². The van der Waals surface area contributed by atoms with Crippen molar-refractivity contribution in [2.75, 3.05) is 36.9 Å². The quantitative estimate of drug-likeness (QED) is 0.436. The molecule has 2 heterocycles. The lowest BCUT2D eigenvalue weighted by atomic mass is 10.1. The van der Waals surface area contributed by atoms with Crippen LogP contribution in [-0.2, 0) is 16.1 Å². The maximum absolute atomic E-state index is 12.2. The average Bonchev–Trinajstić information content (AvgIpc) is 3.54. The smallest absolute Gasteiger partial charge is 0.230 e. The van der Waals surface area contributed by atoms with E-state index in [4.69, 9.17) is 4.74 Å². The Morgan fingerprint density at radius 3 is 2.70 bits per heavy atom. The molecule has 2 aliphatic rings. The molecule has 1 N–H and O–H groups in total. The summed E-state index contributed by atoms with van der Waals surface area (Å²) in [4.78, 5) is 14.6. The zero-order valence-corrected chi connectivity index (χ0v) is 18.3. The Labute approximate surface area is 182 Å². The minimum atomic E-state index is 0.0351. The van der Waals surface area contributed by atoms with Gasteiger partial charge in [0.1, 0.15) is 0 Å². The summed E-state index contributed by atoms with van der Waals surface area (Å²) in [6.45, 7) is 3.99. The van der Waals surface area contributed by atoms with Gasteiger partial charge in [0, 0.05) is 32.3 Å². The first kappa shape index (κ1) is 21.2. The number of carbonyl (C=O) groups is 1. The molecule has 0 radical (unpaired) electrons. The monoisotopic (exact) mass is 429 g/mol. The molecule has 7 nitrogen and oxygen atoms in total. The molecule has 1 aliphatic heterocycles. The number of carbonyl (C=O) groups excluding carboxylic acids is 1. The second-order valence-electron chi connectivity index (χ2n) is 7.96. The number of thioether (sulfide) groups is 1. The maximum Gasteiger partial charge on any atom is 0.230 e. The Bertz CT molecular complexity index is 803. The van der Waals surface area contributed by atoms with Gasteiger partial charge in [-0.1, -0.05) is 42.1 Å². The van der Waals surface area contributed by atoms with E-state index in [0.29, 0.717) is 31.6 Å². The third-order valence-corrected chi connectivity index (χ3v) is 6.37. The molecule has 0 bridgehead atoms. The van der Waals surface area contributed by atoms with Gasteiger partial charge in [-0.05, 0) is 44.1 Å². The Morgan fingerprint density at radius 1 is 1.13 bits per heavy atom. The summed E-state index contributed by atoms with van der Waals surface area (Å²) in [5.74, 6) is 1.40. The van der Waals surface area contributed by atoms with E-state index in [2.05, 4.69) is 37.1 Å². The van der Waals surface area contributed by atoms with Gasteiger partial charge >= 0.3 is 0 Å². The fourth-order valence-corrected chi connectivity index (χ4v) is 4.51. The fourth-order valence-electron chi connectivity index (χ4n) is 3.68. The summed E-state index contributed by atoms with van der Waals surface area (Å²) in [6.07, 6.45) is 6.91. The van der Waals surface area contributed by atoms with Gasteiger partial charge in [-0.15, -0.1) is 10.2 Å². The number of nitrogens with one attached hydrogen (secondary N) is 1. The number of ether oxygens (including phenoxy) is 1. The van der Waals surface area contributed by atoms with Crippen molar-refractivity contribution in [1.29, 1.82) is 0 Å². The normalized spacial score (nSPS) is 16.6. The highest BCUT2D eigenvalue weighted by Gasteiger charge is 2.32. The van der Waals surface area contributed by atoms with Gasteiger partial charge in [0.2, 0.25) is 11.9 Å². The van der Waals surface area contributed by atoms with Crippen LogP contribution in [0.2, 0.25) is 0 Å². The van der Waals surface area contributed by atoms with E-state index in [1.807, 2.05) is 18.2 Å². The van der Waals surface area contributed by atoms with E-state index in [1.165, 1.54) is 49.4 Å². The topological polar surface area (TPSA) is 72.3 Å². The molecule has 2 fully saturated rings. The van der Waals surface area contributed by atoms with Crippen molar-refractivity contribution in [3.8, 4) is 0 Å². The molecule has 162 valence electrons. The summed E-state index contributed by atoms with van der Waals surface area (Å²) < 4.78 is 7.92. The zero-order valence-electron chi connectivity index (χ0n) is 17.5. The molecule has 0 atom stereocenters. The van der Waals surface area contributed by atoms with Gasteiger partial charge in [-0.25, -0.2) is 0 Å². The second kappa shape index (κ2) is 10.8. The van der Waals surface area contributed by atoms with Crippen molar-refractivity contribution in [2.24, 2.45) is 0 Å². The summed E-state index contributed by atoms with van der Waals surface area (Å²) in [5, 5.41) is 12.7. The largest absolute Gasteiger partial charge is 0.377 e. The molecular weight excluding hydrogens is 398 g/mol. The molecule has 8 heteroatoms. The first-order chi connectivity index (χ1) is 14.8. The van der Waals surface area contributed by atoms with Gasteiger partial charge in [0.15, 0.2) is 5.16 Å². The fraction of sp³-hybridized carbons (Fsp3) is 0.591. The lowest BCUT2D eigenvalue weighted by molar-refractivity contribution is -0.118. The summed E-state index contributed by atoms with van der Waals surface area (Å²) >= 11 is 1.49. The molecule has 0 spiro atoms. The third-order valence-electron chi connectivity index (χ3n) is 5.43. The third kappa shape index (κ3) is 5.98. The predicted molar refractivity (Wildman–Crippen MR) is 119 cm³/mol. The summed E-state index contributed by atoms with van der Waals surface area (Å²) in [5.41, 5.74) is 1.17. The number of anilines is 1. The van der Waals surface area contributed by atoms with Crippen LogP contribution in [0.3, 0.4) is 0 Å². The van der Waals surface area contributed by atoms with Crippen molar-refractivity contribution in [1.82, 2.24) is 20.1 Å². The number of hydrogen-bond acceptors (Lipinski definition) is 6. The van der Waals surface area contributed by atoms with Crippen LogP contribution in [0.5, 0.6) is 0 Å². The van der Waals surface area contributed by atoms with Crippen LogP contribution >= 0.6 is 11.8 Å². The highest BCUT2D eigenvalue weighted by molar-refractivity contribution is 7.99. The molecule has 4 rings (SSSR count). The Morgan fingerprint density at radius 2 is 1.93 bits per heavy atom. The molecule has 0 unspecified atom stereocenters. The zero-order chi connectivity index (χ0) is 20.6. The molecule has 1 amide bonds. The van der Waals surface area contributed by atoms with Crippen LogP contribution in [0.1, 0.15) is 50.1 Å². The van der Waals surface area contributed by atoms with Gasteiger partial charge in [-0.3, -0.25) is 9.36 Å².